The Morgan fingerprint density at radius 3 is 1.04 bits per heavy atom. The van der Waals surface area contributed by atoms with Gasteiger partial charge in [-0.2, -0.15) is 0 Å². The molecule has 0 heterocycles. The number of ether oxygens (including phenoxy) is 2. The summed E-state index contributed by atoms with van der Waals surface area (Å²) in [6.07, 6.45) is 40.0. The summed E-state index contributed by atoms with van der Waals surface area (Å²) < 4.78 is 12.2. The molecule has 0 aromatic carbocycles. The third-order valence-corrected chi connectivity index (χ3v) is 10.9. The first-order chi connectivity index (χ1) is 22.0. The first-order valence-electron chi connectivity index (χ1n) is 19.9. The lowest BCUT2D eigenvalue weighted by Crippen LogP contribution is -2.60. The summed E-state index contributed by atoms with van der Waals surface area (Å²) in [6, 6.07) is 0. The van der Waals surface area contributed by atoms with Gasteiger partial charge in [-0.15, -0.1) is 0 Å². The van der Waals surface area contributed by atoms with Crippen molar-refractivity contribution in [1.82, 2.24) is 10.6 Å². The van der Waals surface area contributed by atoms with E-state index < -0.39 is 0 Å². The summed E-state index contributed by atoms with van der Waals surface area (Å²) in [6.45, 7) is 6.04. The van der Waals surface area contributed by atoms with Gasteiger partial charge in [-0.1, -0.05) is 168 Å². The van der Waals surface area contributed by atoms with Crippen LogP contribution in [0.2, 0.25) is 0 Å². The molecule has 0 aliphatic heterocycles. The molecule has 0 radical (unpaired) electrons. The molecule has 0 aromatic heterocycles. The van der Waals surface area contributed by atoms with Crippen LogP contribution in [0.25, 0.3) is 0 Å². The number of thiocarbonyl (C=S) groups is 2. The van der Waals surface area contributed by atoms with Crippen molar-refractivity contribution in [3.63, 3.8) is 0 Å². The molecule has 2 aliphatic carbocycles. The van der Waals surface area contributed by atoms with Crippen LogP contribution in [-0.4, -0.2) is 34.6 Å². The Labute approximate surface area is 291 Å². The fourth-order valence-corrected chi connectivity index (χ4v) is 8.41. The van der Waals surface area contributed by atoms with Gasteiger partial charge in [0.2, 0.25) is 0 Å². The Bertz CT molecular complexity index is 675. The molecule has 0 spiro atoms. The highest BCUT2D eigenvalue weighted by atomic mass is 32.1. The summed E-state index contributed by atoms with van der Waals surface area (Å²) >= 11 is 11.6. The lowest BCUT2D eigenvalue weighted by atomic mass is 9.68. The van der Waals surface area contributed by atoms with E-state index in [9.17, 15) is 0 Å². The van der Waals surface area contributed by atoms with E-state index in [1.807, 2.05) is 0 Å². The smallest absolute Gasteiger partial charge is 0.257 e. The zero-order valence-corrected chi connectivity index (χ0v) is 31.6. The predicted octanol–water partition coefficient (Wildman–Crippen LogP) is 12.4. The zero-order chi connectivity index (χ0) is 32.3. The van der Waals surface area contributed by atoms with Crippen LogP contribution in [0.3, 0.4) is 0 Å². The number of hydrogen-bond donors (Lipinski definition) is 2. The highest BCUT2D eigenvalue weighted by Crippen LogP contribution is 2.41. The van der Waals surface area contributed by atoms with Gasteiger partial charge in [0.15, 0.2) is 0 Å². The molecule has 45 heavy (non-hydrogen) atoms. The minimum absolute atomic E-state index is 0.0103. The zero-order valence-electron chi connectivity index (χ0n) is 30.0. The van der Waals surface area contributed by atoms with Crippen LogP contribution in [0.1, 0.15) is 213 Å². The lowest BCUT2D eigenvalue weighted by Gasteiger charge is -2.48. The topological polar surface area (TPSA) is 42.5 Å². The average Bonchev–Trinajstić information content (AvgIpc) is 3.03. The molecule has 0 unspecified atom stereocenters. The fourth-order valence-electron chi connectivity index (χ4n) is 7.81. The second-order valence-electron chi connectivity index (χ2n) is 14.7. The maximum atomic E-state index is 6.12. The van der Waals surface area contributed by atoms with Gasteiger partial charge in [0.1, 0.15) is 0 Å². The Kier molecular flexibility index (Phi) is 23.7. The van der Waals surface area contributed by atoms with Gasteiger partial charge < -0.3 is 20.1 Å². The molecule has 0 amide bonds. The summed E-state index contributed by atoms with van der Waals surface area (Å²) in [5.74, 6) is 0. The molecule has 0 aromatic rings. The molecular weight excluding hydrogens is 593 g/mol. The minimum Gasteiger partial charge on any atom is -0.471 e. The summed E-state index contributed by atoms with van der Waals surface area (Å²) in [5.41, 5.74) is -0.0206. The Hall–Kier alpha value is -0.620. The van der Waals surface area contributed by atoms with Crippen LogP contribution < -0.4 is 10.6 Å². The quantitative estimate of drug-likeness (QED) is 0.0707. The van der Waals surface area contributed by atoms with Gasteiger partial charge in [0.05, 0.1) is 13.2 Å². The van der Waals surface area contributed by atoms with Gasteiger partial charge in [0.25, 0.3) is 10.3 Å². The molecule has 6 heteroatoms. The molecule has 2 rings (SSSR count). The van der Waals surface area contributed by atoms with Gasteiger partial charge in [-0.25, -0.2) is 0 Å². The Morgan fingerprint density at radius 2 is 0.733 bits per heavy atom. The summed E-state index contributed by atoms with van der Waals surface area (Å²) in [5, 5.41) is 8.80. The molecule has 0 saturated heterocycles. The monoisotopic (exact) mass is 667 g/mol. The van der Waals surface area contributed by atoms with Crippen LogP contribution in [-0.2, 0) is 9.47 Å². The average molecular weight is 667 g/mol. The predicted molar refractivity (Wildman–Crippen MR) is 203 cm³/mol. The van der Waals surface area contributed by atoms with E-state index >= 15 is 0 Å². The number of unbranched alkanes of at least 4 members (excludes halogenated alkanes) is 18. The first-order valence-corrected chi connectivity index (χ1v) is 20.7. The minimum atomic E-state index is -0.0103. The highest BCUT2D eigenvalue weighted by Gasteiger charge is 2.44. The van der Waals surface area contributed by atoms with Crippen LogP contribution >= 0.6 is 24.4 Å². The second-order valence-corrected chi connectivity index (χ2v) is 15.5. The molecule has 4 nitrogen and oxygen atoms in total. The van der Waals surface area contributed by atoms with Crippen molar-refractivity contribution in [3.8, 4) is 0 Å². The number of hydrogen-bond acceptors (Lipinski definition) is 4. The van der Waals surface area contributed by atoms with E-state index in [-0.39, 0.29) is 11.1 Å². The van der Waals surface area contributed by atoms with Gasteiger partial charge in [-0.05, 0) is 69.4 Å². The normalized spacial score (nSPS) is 17.5. The molecule has 2 aliphatic rings. The maximum absolute atomic E-state index is 6.12. The summed E-state index contributed by atoms with van der Waals surface area (Å²) in [4.78, 5) is 0. The van der Waals surface area contributed by atoms with Crippen LogP contribution in [0.4, 0.5) is 0 Å². The van der Waals surface area contributed by atoms with E-state index in [0.717, 1.165) is 58.2 Å². The third-order valence-electron chi connectivity index (χ3n) is 10.5. The van der Waals surface area contributed by atoms with Gasteiger partial charge in [0, 0.05) is 11.1 Å². The van der Waals surface area contributed by atoms with Gasteiger partial charge >= 0.3 is 0 Å². The van der Waals surface area contributed by atoms with E-state index in [1.165, 1.54) is 154 Å². The van der Waals surface area contributed by atoms with E-state index in [0.29, 0.717) is 10.3 Å². The Balaban J connectivity index is 1.71. The molecule has 264 valence electrons. The van der Waals surface area contributed by atoms with Crippen LogP contribution in [0.5, 0.6) is 0 Å². The summed E-state index contributed by atoms with van der Waals surface area (Å²) in [7, 11) is 0. The van der Waals surface area contributed by atoms with E-state index in [4.69, 9.17) is 33.9 Å². The highest BCUT2D eigenvalue weighted by molar-refractivity contribution is 7.80. The first kappa shape index (κ1) is 40.6. The van der Waals surface area contributed by atoms with Crippen molar-refractivity contribution in [2.45, 2.75) is 224 Å². The molecule has 0 atom stereocenters. The van der Waals surface area contributed by atoms with Crippen LogP contribution in [0.15, 0.2) is 0 Å². The second kappa shape index (κ2) is 26.3. The van der Waals surface area contributed by atoms with Crippen molar-refractivity contribution >= 4 is 34.8 Å². The molecule has 0 bridgehead atoms. The van der Waals surface area contributed by atoms with Crippen molar-refractivity contribution in [2.75, 3.05) is 13.2 Å². The molecular formula is C39H74N2O2S2. The lowest BCUT2D eigenvalue weighted by molar-refractivity contribution is 0.131. The van der Waals surface area contributed by atoms with Crippen molar-refractivity contribution < 1.29 is 9.47 Å². The van der Waals surface area contributed by atoms with Crippen LogP contribution in [0, 0.1) is 0 Å². The van der Waals surface area contributed by atoms with E-state index in [2.05, 4.69) is 24.5 Å². The molecule has 2 saturated carbocycles. The van der Waals surface area contributed by atoms with Crippen molar-refractivity contribution in [1.29, 1.82) is 0 Å². The largest absolute Gasteiger partial charge is 0.471 e. The number of nitrogens with one attached hydrogen (secondary N) is 2. The van der Waals surface area contributed by atoms with Gasteiger partial charge in [-0.3, -0.25) is 0 Å². The maximum Gasteiger partial charge on any atom is 0.257 e. The molecule has 2 N–H and O–H groups in total. The fraction of sp³-hybridized carbons (Fsp3) is 0.949. The SMILES string of the molecule is CCCCCCCCCCCCOC(=S)NC1(CC2(NC(=S)OCCCCCCCCCCCC)CCCCC2)CCCCC1. The third kappa shape index (κ3) is 19.7. The number of rotatable bonds is 26. The van der Waals surface area contributed by atoms with E-state index in [1.54, 1.807) is 0 Å². The van der Waals surface area contributed by atoms with Crippen molar-refractivity contribution in [3.05, 3.63) is 0 Å². The standard InChI is InChI=1S/C39H74N2O2S2/c1-3-5-7-9-11-13-15-17-19-27-33-42-36(44)40-38(29-23-21-24-30-38)35-39(31-25-22-26-32-39)41-37(45)43-34-28-20-18-16-14-12-10-8-6-4-2/h3-35H2,1-2H3,(H,40,44)(H,41,45). The molecule has 2 fully saturated rings. The van der Waals surface area contributed by atoms with Crippen molar-refractivity contribution in [2.24, 2.45) is 0 Å². The Morgan fingerprint density at radius 1 is 0.444 bits per heavy atom.